The summed E-state index contributed by atoms with van der Waals surface area (Å²) in [5, 5.41) is 2.91. The maximum atomic E-state index is 13.1. The van der Waals surface area contributed by atoms with E-state index in [1.807, 2.05) is 30.3 Å². The zero-order valence-electron chi connectivity index (χ0n) is 23.5. The number of Topliss-reactive ketones (excluding diaryl/α,β-unsaturated/α-hetero) is 1. The average molecular weight is 517 g/mol. The summed E-state index contributed by atoms with van der Waals surface area (Å²) in [7, 11) is 0. The summed E-state index contributed by atoms with van der Waals surface area (Å²) in [4.78, 5) is 41.8. The van der Waals surface area contributed by atoms with Crippen molar-refractivity contribution < 1.29 is 19.2 Å². The molecule has 6 heteroatoms. The summed E-state index contributed by atoms with van der Waals surface area (Å²) < 4.78 is 0. The molecule has 0 aromatic heterocycles. The van der Waals surface area contributed by atoms with E-state index in [0.29, 0.717) is 19.3 Å². The monoisotopic (exact) mass is 516 g/mol. The number of rotatable bonds is 23. The predicted octanol–water partition coefficient (Wildman–Crippen LogP) is 6.99. The molecule has 0 saturated heterocycles. The fourth-order valence-corrected chi connectivity index (χ4v) is 4.79. The second kappa shape index (κ2) is 21.8. The SMILES string of the molecule is CCCCCCCCCCCCCCCC[C@H](CC(=O)ON)C(=O)N[C@@H](Cc1ccccc1)C(=O)CC. The Hall–Kier alpha value is -2.21. The van der Waals surface area contributed by atoms with Crippen molar-refractivity contribution in [1.82, 2.24) is 5.32 Å². The molecule has 0 aliphatic heterocycles. The Morgan fingerprint density at radius 2 is 1.30 bits per heavy atom. The lowest BCUT2D eigenvalue weighted by Crippen LogP contribution is -2.45. The van der Waals surface area contributed by atoms with Crippen LogP contribution in [0.5, 0.6) is 0 Å². The van der Waals surface area contributed by atoms with Gasteiger partial charge in [-0.2, -0.15) is 5.90 Å². The van der Waals surface area contributed by atoms with E-state index in [-0.39, 0.29) is 18.1 Å². The minimum Gasteiger partial charge on any atom is -0.373 e. The number of nitrogens with one attached hydrogen (secondary N) is 1. The molecule has 0 saturated carbocycles. The first-order chi connectivity index (χ1) is 18.0. The fraction of sp³-hybridized carbons (Fsp3) is 0.710. The molecule has 0 aliphatic rings. The summed E-state index contributed by atoms with van der Waals surface area (Å²) in [5.74, 6) is 3.59. The summed E-state index contributed by atoms with van der Waals surface area (Å²) in [6.45, 7) is 4.05. The van der Waals surface area contributed by atoms with Gasteiger partial charge in [0.1, 0.15) is 0 Å². The molecule has 1 aromatic carbocycles. The summed E-state index contributed by atoms with van der Waals surface area (Å²) >= 11 is 0. The van der Waals surface area contributed by atoms with E-state index in [1.54, 1.807) is 6.92 Å². The third-order valence-corrected chi connectivity index (χ3v) is 7.16. The van der Waals surface area contributed by atoms with Crippen molar-refractivity contribution in [2.75, 3.05) is 0 Å². The lowest BCUT2D eigenvalue weighted by atomic mass is 9.94. The number of amides is 1. The van der Waals surface area contributed by atoms with Crippen molar-refractivity contribution in [3.63, 3.8) is 0 Å². The Bertz CT molecular complexity index is 738. The maximum Gasteiger partial charge on any atom is 0.325 e. The van der Waals surface area contributed by atoms with Gasteiger partial charge in [0.2, 0.25) is 5.91 Å². The average Bonchev–Trinajstić information content (AvgIpc) is 2.92. The highest BCUT2D eigenvalue weighted by molar-refractivity contribution is 5.91. The van der Waals surface area contributed by atoms with Crippen LogP contribution in [0.4, 0.5) is 0 Å². The minimum atomic E-state index is -0.605. The predicted molar refractivity (Wildman–Crippen MR) is 151 cm³/mol. The van der Waals surface area contributed by atoms with Gasteiger partial charge in [-0.25, -0.2) is 0 Å². The molecule has 37 heavy (non-hydrogen) atoms. The first-order valence-electron chi connectivity index (χ1n) is 14.8. The largest absolute Gasteiger partial charge is 0.373 e. The molecule has 0 spiro atoms. The molecule has 0 bridgehead atoms. The molecule has 1 amide bonds. The van der Waals surface area contributed by atoms with Crippen LogP contribution in [0, 0.1) is 5.92 Å². The highest BCUT2D eigenvalue weighted by atomic mass is 16.7. The standard InChI is InChI=1S/C31H52N2O4/c1-3-5-6-7-8-9-10-11-12-13-14-15-16-20-23-27(25-30(35)37-32)31(36)33-28(29(34)4-2)24-26-21-18-17-19-22-26/h17-19,21-22,27-28H,3-16,20,23-25,32H2,1-2H3,(H,33,36)/t27-,28+/m1/s1. The molecule has 0 heterocycles. The molecule has 3 N–H and O–H groups in total. The summed E-state index contributed by atoms with van der Waals surface area (Å²) in [5.41, 5.74) is 0.986. The van der Waals surface area contributed by atoms with Crippen LogP contribution in [0.1, 0.15) is 129 Å². The molecule has 0 radical (unpaired) electrons. The quantitative estimate of drug-likeness (QED) is 0.121. The van der Waals surface area contributed by atoms with Gasteiger partial charge in [-0.3, -0.25) is 14.4 Å². The van der Waals surface area contributed by atoms with Gasteiger partial charge in [0.05, 0.1) is 12.5 Å². The third kappa shape index (κ3) is 16.3. The van der Waals surface area contributed by atoms with Crippen LogP contribution in [0.3, 0.4) is 0 Å². The van der Waals surface area contributed by atoms with Crippen molar-refractivity contribution in [1.29, 1.82) is 0 Å². The van der Waals surface area contributed by atoms with Gasteiger partial charge in [0.15, 0.2) is 5.78 Å². The number of carbonyl (C=O) groups excluding carboxylic acids is 3. The van der Waals surface area contributed by atoms with Crippen LogP contribution >= 0.6 is 0 Å². The Kier molecular flexibility index (Phi) is 19.4. The zero-order valence-corrected chi connectivity index (χ0v) is 23.5. The number of ketones is 1. The van der Waals surface area contributed by atoms with Crippen molar-refractivity contribution >= 4 is 17.7 Å². The van der Waals surface area contributed by atoms with E-state index in [2.05, 4.69) is 17.1 Å². The number of unbranched alkanes of at least 4 members (excludes halogenated alkanes) is 13. The number of carbonyl (C=O) groups is 3. The van der Waals surface area contributed by atoms with Crippen LogP contribution in [-0.4, -0.2) is 23.7 Å². The summed E-state index contributed by atoms with van der Waals surface area (Å²) in [6, 6.07) is 9.04. The fourth-order valence-electron chi connectivity index (χ4n) is 4.79. The second-order valence-electron chi connectivity index (χ2n) is 10.3. The highest BCUT2D eigenvalue weighted by Gasteiger charge is 2.27. The molecule has 1 rings (SSSR count). The van der Waals surface area contributed by atoms with Gasteiger partial charge in [-0.1, -0.05) is 134 Å². The molecule has 210 valence electrons. The van der Waals surface area contributed by atoms with E-state index in [9.17, 15) is 14.4 Å². The number of hydrogen-bond donors (Lipinski definition) is 2. The Morgan fingerprint density at radius 1 is 0.784 bits per heavy atom. The van der Waals surface area contributed by atoms with E-state index >= 15 is 0 Å². The van der Waals surface area contributed by atoms with E-state index in [0.717, 1.165) is 24.8 Å². The molecule has 6 nitrogen and oxygen atoms in total. The van der Waals surface area contributed by atoms with Crippen molar-refractivity contribution in [2.24, 2.45) is 11.8 Å². The van der Waals surface area contributed by atoms with Crippen LogP contribution < -0.4 is 11.2 Å². The smallest absolute Gasteiger partial charge is 0.325 e. The maximum absolute atomic E-state index is 13.1. The van der Waals surface area contributed by atoms with Crippen molar-refractivity contribution in [3.05, 3.63) is 35.9 Å². The molecule has 1 aromatic rings. The lowest BCUT2D eigenvalue weighted by Gasteiger charge is -2.21. The molecule has 2 atom stereocenters. The Morgan fingerprint density at radius 3 is 1.78 bits per heavy atom. The first-order valence-corrected chi connectivity index (χ1v) is 14.8. The molecule has 0 fully saturated rings. The first kappa shape index (κ1) is 32.8. The Balaban J connectivity index is 2.36. The van der Waals surface area contributed by atoms with Crippen LogP contribution in [0.25, 0.3) is 0 Å². The van der Waals surface area contributed by atoms with Gasteiger partial charge < -0.3 is 10.2 Å². The third-order valence-electron chi connectivity index (χ3n) is 7.16. The van der Waals surface area contributed by atoms with E-state index in [1.165, 1.54) is 70.6 Å². The minimum absolute atomic E-state index is 0.0196. The van der Waals surface area contributed by atoms with Crippen molar-refractivity contribution in [2.45, 2.75) is 135 Å². The van der Waals surface area contributed by atoms with Crippen LogP contribution in [-0.2, 0) is 25.6 Å². The normalized spacial score (nSPS) is 12.6. The topological polar surface area (TPSA) is 98.5 Å². The zero-order chi connectivity index (χ0) is 27.1. The number of nitrogens with two attached hydrogens (primary N) is 1. The van der Waals surface area contributed by atoms with Crippen LogP contribution in [0.15, 0.2) is 30.3 Å². The Labute approximate surface area is 225 Å². The van der Waals surface area contributed by atoms with Crippen LogP contribution in [0.2, 0.25) is 0 Å². The van der Waals surface area contributed by atoms with Gasteiger partial charge in [0.25, 0.3) is 0 Å². The van der Waals surface area contributed by atoms with E-state index < -0.39 is 17.9 Å². The van der Waals surface area contributed by atoms with E-state index in [4.69, 9.17) is 5.90 Å². The van der Waals surface area contributed by atoms with Gasteiger partial charge in [-0.15, -0.1) is 0 Å². The number of benzene rings is 1. The lowest BCUT2D eigenvalue weighted by molar-refractivity contribution is -0.147. The molecule has 0 aliphatic carbocycles. The van der Waals surface area contributed by atoms with Gasteiger partial charge >= 0.3 is 5.97 Å². The number of hydrogen-bond acceptors (Lipinski definition) is 5. The molecular weight excluding hydrogens is 464 g/mol. The second-order valence-corrected chi connectivity index (χ2v) is 10.3. The van der Waals surface area contributed by atoms with Crippen molar-refractivity contribution in [3.8, 4) is 0 Å². The van der Waals surface area contributed by atoms with Gasteiger partial charge in [-0.05, 0) is 18.4 Å². The molecule has 0 unspecified atom stereocenters. The van der Waals surface area contributed by atoms with Gasteiger partial charge in [0, 0.05) is 12.3 Å². The molecular formula is C31H52N2O4. The summed E-state index contributed by atoms with van der Waals surface area (Å²) in [6.07, 6.45) is 19.0. The highest BCUT2D eigenvalue weighted by Crippen LogP contribution is 2.18.